The largest absolute Gasteiger partial charge is 0.395 e. The van der Waals surface area contributed by atoms with E-state index in [1.165, 1.54) is 0 Å². The SMILES string of the molecule is O=S(=O)(CCO)N1CCOC2CCCCC21. The third kappa shape index (κ3) is 2.40. The predicted molar refractivity (Wildman–Crippen MR) is 59.6 cm³/mol. The molecule has 0 amide bonds. The molecule has 0 aromatic heterocycles. The summed E-state index contributed by atoms with van der Waals surface area (Å²) in [6, 6.07) is -0.000880. The smallest absolute Gasteiger partial charge is 0.216 e. The Morgan fingerprint density at radius 3 is 2.81 bits per heavy atom. The molecule has 5 nitrogen and oxygen atoms in total. The van der Waals surface area contributed by atoms with Crippen molar-refractivity contribution < 1.29 is 18.3 Å². The van der Waals surface area contributed by atoms with Crippen molar-refractivity contribution in [2.45, 2.75) is 37.8 Å². The molecule has 1 heterocycles. The van der Waals surface area contributed by atoms with E-state index in [-0.39, 0.29) is 24.5 Å². The maximum absolute atomic E-state index is 12.0. The van der Waals surface area contributed by atoms with Crippen molar-refractivity contribution >= 4 is 10.0 Å². The number of aliphatic hydroxyl groups is 1. The van der Waals surface area contributed by atoms with Gasteiger partial charge in [-0.2, -0.15) is 4.31 Å². The van der Waals surface area contributed by atoms with Crippen LogP contribution in [0.1, 0.15) is 25.7 Å². The summed E-state index contributed by atoms with van der Waals surface area (Å²) in [4.78, 5) is 0. The minimum Gasteiger partial charge on any atom is -0.395 e. The Morgan fingerprint density at radius 1 is 1.31 bits per heavy atom. The summed E-state index contributed by atoms with van der Waals surface area (Å²) in [5.74, 6) is -0.170. The lowest BCUT2D eigenvalue weighted by atomic mass is 9.91. The Labute approximate surface area is 96.4 Å². The van der Waals surface area contributed by atoms with Crippen LogP contribution in [-0.2, 0) is 14.8 Å². The molecule has 0 aromatic carbocycles. The number of hydrogen-bond acceptors (Lipinski definition) is 4. The first-order valence-electron chi connectivity index (χ1n) is 5.87. The lowest BCUT2D eigenvalue weighted by Crippen LogP contribution is -2.55. The zero-order valence-corrected chi connectivity index (χ0v) is 10.2. The minimum atomic E-state index is -3.30. The first-order valence-corrected chi connectivity index (χ1v) is 7.48. The Hall–Kier alpha value is -0.170. The maximum atomic E-state index is 12.0. The molecule has 94 valence electrons. The quantitative estimate of drug-likeness (QED) is 0.761. The lowest BCUT2D eigenvalue weighted by Gasteiger charge is -2.42. The molecular formula is C10H19NO4S. The lowest BCUT2D eigenvalue weighted by molar-refractivity contribution is -0.0586. The van der Waals surface area contributed by atoms with Crippen molar-refractivity contribution in [2.24, 2.45) is 0 Å². The second-order valence-electron chi connectivity index (χ2n) is 4.41. The summed E-state index contributed by atoms with van der Waals surface area (Å²) in [6.07, 6.45) is 4.09. The Kier molecular flexibility index (Phi) is 3.84. The highest BCUT2D eigenvalue weighted by molar-refractivity contribution is 7.89. The molecule has 1 aliphatic heterocycles. The molecule has 0 spiro atoms. The van der Waals surface area contributed by atoms with Crippen LogP contribution in [0.4, 0.5) is 0 Å². The third-order valence-corrected chi connectivity index (χ3v) is 5.25. The van der Waals surface area contributed by atoms with Crippen molar-refractivity contribution in [1.82, 2.24) is 4.31 Å². The van der Waals surface area contributed by atoms with Crippen molar-refractivity contribution in [3.63, 3.8) is 0 Å². The van der Waals surface area contributed by atoms with Crippen LogP contribution < -0.4 is 0 Å². The van der Waals surface area contributed by atoms with Gasteiger partial charge in [0.2, 0.25) is 10.0 Å². The molecule has 1 saturated carbocycles. The van der Waals surface area contributed by atoms with Gasteiger partial charge in [0.25, 0.3) is 0 Å². The molecule has 1 aliphatic carbocycles. The highest BCUT2D eigenvalue weighted by Crippen LogP contribution is 2.30. The van der Waals surface area contributed by atoms with Gasteiger partial charge in [-0.15, -0.1) is 0 Å². The van der Waals surface area contributed by atoms with Gasteiger partial charge < -0.3 is 9.84 Å². The van der Waals surface area contributed by atoms with E-state index in [0.29, 0.717) is 13.2 Å². The summed E-state index contributed by atoms with van der Waals surface area (Å²) in [6.45, 7) is 0.604. The molecule has 1 saturated heterocycles. The summed E-state index contributed by atoms with van der Waals surface area (Å²) in [5.41, 5.74) is 0. The molecule has 0 aromatic rings. The summed E-state index contributed by atoms with van der Waals surface area (Å²) in [5, 5.41) is 8.79. The topological polar surface area (TPSA) is 66.8 Å². The van der Waals surface area contributed by atoms with E-state index in [0.717, 1.165) is 25.7 Å². The zero-order chi connectivity index (χ0) is 11.6. The van der Waals surface area contributed by atoms with Crippen LogP contribution in [0.3, 0.4) is 0 Å². The van der Waals surface area contributed by atoms with Gasteiger partial charge in [-0.1, -0.05) is 12.8 Å². The molecule has 6 heteroatoms. The van der Waals surface area contributed by atoms with Crippen molar-refractivity contribution in [3.05, 3.63) is 0 Å². The van der Waals surface area contributed by atoms with E-state index in [9.17, 15) is 8.42 Å². The van der Waals surface area contributed by atoms with Gasteiger partial charge in [0.15, 0.2) is 0 Å². The van der Waals surface area contributed by atoms with E-state index < -0.39 is 10.0 Å². The summed E-state index contributed by atoms with van der Waals surface area (Å²) >= 11 is 0. The fraction of sp³-hybridized carbons (Fsp3) is 1.00. The summed E-state index contributed by atoms with van der Waals surface area (Å²) in [7, 11) is -3.30. The number of ether oxygens (including phenoxy) is 1. The number of aliphatic hydroxyl groups excluding tert-OH is 1. The van der Waals surface area contributed by atoms with Crippen molar-refractivity contribution in [1.29, 1.82) is 0 Å². The Bertz CT molecular complexity index is 328. The van der Waals surface area contributed by atoms with Gasteiger partial charge in [-0.25, -0.2) is 8.42 Å². The highest BCUT2D eigenvalue weighted by Gasteiger charge is 2.39. The van der Waals surface area contributed by atoms with Crippen LogP contribution in [0, 0.1) is 0 Å². The van der Waals surface area contributed by atoms with E-state index in [1.807, 2.05) is 0 Å². The van der Waals surface area contributed by atoms with Crippen LogP contribution in [0.5, 0.6) is 0 Å². The monoisotopic (exact) mass is 249 g/mol. The van der Waals surface area contributed by atoms with E-state index >= 15 is 0 Å². The molecule has 2 aliphatic rings. The number of fused-ring (bicyclic) bond motifs is 1. The summed E-state index contributed by atoms with van der Waals surface area (Å²) < 4.78 is 31.1. The van der Waals surface area contributed by atoms with Crippen LogP contribution in [0.25, 0.3) is 0 Å². The third-order valence-electron chi connectivity index (χ3n) is 3.39. The number of sulfonamides is 1. The molecular weight excluding hydrogens is 230 g/mol. The number of nitrogens with zero attached hydrogens (tertiary/aromatic N) is 1. The van der Waals surface area contributed by atoms with Crippen LogP contribution in [0.15, 0.2) is 0 Å². The average Bonchev–Trinajstić information content (AvgIpc) is 2.28. The molecule has 16 heavy (non-hydrogen) atoms. The van der Waals surface area contributed by atoms with Gasteiger partial charge in [0, 0.05) is 6.54 Å². The van der Waals surface area contributed by atoms with Gasteiger partial charge in [0.05, 0.1) is 31.1 Å². The fourth-order valence-corrected chi connectivity index (χ4v) is 4.11. The van der Waals surface area contributed by atoms with Crippen LogP contribution in [-0.4, -0.2) is 55.5 Å². The van der Waals surface area contributed by atoms with E-state index in [4.69, 9.17) is 9.84 Å². The highest BCUT2D eigenvalue weighted by atomic mass is 32.2. The van der Waals surface area contributed by atoms with Gasteiger partial charge >= 0.3 is 0 Å². The second kappa shape index (κ2) is 5.00. The van der Waals surface area contributed by atoms with E-state index in [2.05, 4.69) is 0 Å². The van der Waals surface area contributed by atoms with Crippen molar-refractivity contribution in [2.75, 3.05) is 25.5 Å². The number of rotatable bonds is 3. The first-order chi connectivity index (χ1) is 7.65. The molecule has 0 radical (unpaired) electrons. The molecule has 2 fully saturated rings. The van der Waals surface area contributed by atoms with Gasteiger partial charge in [0.1, 0.15) is 0 Å². The normalized spacial score (nSPS) is 32.3. The van der Waals surface area contributed by atoms with Crippen LogP contribution >= 0.6 is 0 Å². The minimum absolute atomic E-state index is 0.000880. The zero-order valence-electron chi connectivity index (χ0n) is 9.34. The van der Waals surface area contributed by atoms with Crippen LogP contribution in [0.2, 0.25) is 0 Å². The molecule has 1 N–H and O–H groups in total. The molecule has 2 unspecified atom stereocenters. The first kappa shape index (κ1) is 12.3. The Balaban J connectivity index is 2.13. The number of hydrogen-bond donors (Lipinski definition) is 1. The maximum Gasteiger partial charge on any atom is 0.216 e. The second-order valence-corrected chi connectivity index (χ2v) is 6.45. The van der Waals surface area contributed by atoms with Gasteiger partial charge in [-0.3, -0.25) is 0 Å². The Morgan fingerprint density at radius 2 is 2.06 bits per heavy atom. The molecule has 0 bridgehead atoms. The molecule has 2 rings (SSSR count). The van der Waals surface area contributed by atoms with Gasteiger partial charge in [-0.05, 0) is 12.8 Å². The fourth-order valence-electron chi connectivity index (χ4n) is 2.64. The number of morpholine rings is 1. The van der Waals surface area contributed by atoms with Crippen molar-refractivity contribution in [3.8, 4) is 0 Å². The standard InChI is InChI=1S/C10H19NO4S/c12-6-8-16(13,14)11-5-7-15-10-4-2-1-3-9(10)11/h9-10,12H,1-8H2. The predicted octanol–water partition coefficient (Wildman–Crippen LogP) is -0.0481. The average molecular weight is 249 g/mol. The van der Waals surface area contributed by atoms with E-state index in [1.54, 1.807) is 4.31 Å². The molecule has 2 atom stereocenters.